The van der Waals surface area contributed by atoms with Gasteiger partial charge in [0.05, 0.1) is 23.6 Å². The van der Waals surface area contributed by atoms with Gasteiger partial charge in [-0.3, -0.25) is 14.5 Å². The highest BCUT2D eigenvalue weighted by Gasteiger charge is 2.44. The Morgan fingerprint density at radius 3 is 2.51 bits per heavy atom. The van der Waals surface area contributed by atoms with Crippen LogP contribution in [0, 0.1) is 20.8 Å². The summed E-state index contributed by atoms with van der Waals surface area (Å²) >= 11 is 0. The van der Waals surface area contributed by atoms with Crippen molar-refractivity contribution in [2.45, 2.75) is 33.7 Å². The molecule has 188 valence electrons. The summed E-state index contributed by atoms with van der Waals surface area (Å²) in [4.78, 5) is 33.8. The van der Waals surface area contributed by atoms with Gasteiger partial charge in [-0.05, 0) is 80.3 Å². The number of hydrogen-bond acceptors (Lipinski definition) is 6. The number of benzene rings is 2. The van der Waals surface area contributed by atoms with E-state index in [1.165, 1.54) is 4.90 Å². The van der Waals surface area contributed by atoms with E-state index >= 15 is 0 Å². The van der Waals surface area contributed by atoms with Gasteiger partial charge in [-0.15, -0.1) is 0 Å². The Balaban J connectivity index is 1.77. The molecule has 4 aromatic rings. The number of aromatic nitrogens is 1. The highest BCUT2D eigenvalue weighted by Crippen LogP contribution is 2.43. The number of rotatable bonds is 7. The smallest absolute Gasteiger partial charge is 0.296 e. The molecule has 0 bridgehead atoms. The molecule has 0 aliphatic carbocycles. The van der Waals surface area contributed by atoms with Gasteiger partial charge in [0, 0.05) is 6.20 Å². The number of anilines is 1. The molecule has 2 aromatic heterocycles. The Labute approximate surface area is 215 Å². The fraction of sp³-hybridized carbons (Fsp3) is 0.233. The number of amides is 1. The Kier molecular flexibility index (Phi) is 6.29. The summed E-state index contributed by atoms with van der Waals surface area (Å²) in [6.45, 7) is 12.1. The molecule has 0 saturated heterocycles. The van der Waals surface area contributed by atoms with Crippen molar-refractivity contribution < 1.29 is 18.7 Å². The van der Waals surface area contributed by atoms with Crippen LogP contribution in [0.15, 0.2) is 70.5 Å². The van der Waals surface area contributed by atoms with E-state index in [0.717, 1.165) is 16.7 Å². The molecule has 5 rings (SSSR count). The van der Waals surface area contributed by atoms with E-state index < -0.39 is 11.9 Å². The van der Waals surface area contributed by atoms with E-state index in [9.17, 15) is 9.59 Å². The second-order valence-corrected chi connectivity index (χ2v) is 9.12. The summed E-state index contributed by atoms with van der Waals surface area (Å²) in [5.41, 5.74) is 4.02. The zero-order valence-corrected chi connectivity index (χ0v) is 21.3. The van der Waals surface area contributed by atoms with Gasteiger partial charge in [-0.1, -0.05) is 24.8 Å². The number of aryl methyl sites for hydroxylation is 3. The minimum Gasteiger partial charge on any atom is -0.490 e. The van der Waals surface area contributed by atoms with E-state index in [4.69, 9.17) is 13.9 Å². The normalized spacial score (nSPS) is 14.6. The Morgan fingerprint density at radius 2 is 1.81 bits per heavy atom. The van der Waals surface area contributed by atoms with Crippen LogP contribution in [0.25, 0.3) is 11.0 Å². The van der Waals surface area contributed by atoms with Gasteiger partial charge in [0.15, 0.2) is 16.9 Å². The lowest BCUT2D eigenvalue weighted by molar-refractivity contribution is 0.0970. The van der Waals surface area contributed by atoms with Crippen LogP contribution in [-0.2, 0) is 0 Å². The highest BCUT2D eigenvalue weighted by atomic mass is 16.5. The van der Waals surface area contributed by atoms with Gasteiger partial charge in [-0.2, -0.15) is 0 Å². The van der Waals surface area contributed by atoms with E-state index in [-0.39, 0.29) is 16.8 Å². The van der Waals surface area contributed by atoms with Crippen LogP contribution in [0.1, 0.15) is 51.3 Å². The molecule has 1 aliphatic rings. The van der Waals surface area contributed by atoms with Crippen LogP contribution < -0.4 is 19.8 Å². The van der Waals surface area contributed by atoms with Crippen LogP contribution >= 0.6 is 0 Å². The highest BCUT2D eigenvalue weighted by molar-refractivity contribution is 6.10. The van der Waals surface area contributed by atoms with Crippen molar-refractivity contribution in [3.8, 4) is 11.5 Å². The van der Waals surface area contributed by atoms with Crippen LogP contribution in [0.4, 0.5) is 5.82 Å². The first-order chi connectivity index (χ1) is 17.8. The lowest BCUT2D eigenvalue weighted by Crippen LogP contribution is -2.30. The largest absolute Gasteiger partial charge is 0.490 e. The van der Waals surface area contributed by atoms with Gasteiger partial charge in [-0.25, -0.2) is 4.98 Å². The fourth-order valence-electron chi connectivity index (χ4n) is 4.61. The van der Waals surface area contributed by atoms with E-state index in [2.05, 4.69) is 11.6 Å². The summed E-state index contributed by atoms with van der Waals surface area (Å²) in [5, 5.41) is 0.439. The molecule has 1 atom stereocenters. The minimum absolute atomic E-state index is 0.0260. The monoisotopic (exact) mass is 496 g/mol. The zero-order valence-electron chi connectivity index (χ0n) is 21.3. The van der Waals surface area contributed by atoms with E-state index in [1.807, 2.05) is 45.9 Å². The molecule has 1 aliphatic heterocycles. The summed E-state index contributed by atoms with van der Waals surface area (Å²) in [6.07, 6.45) is 3.35. The molecule has 3 heterocycles. The quantitative estimate of drug-likeness (QED) is 0.300. The topological polar surface area (TPSA) is 81.9 Å². The van der Waals surface area contributed by atoms with Gasteiger partial charge >= 0.3 is 0 Å². The third-order valence-electron chi connectivity index (χ3n) is 6.57. The molecule has 0 saturated carbocycles. The van der Waals surface area contributed by atoms with Crippen LogP contribution in [0.5, 0.6) is 11.5 Å². The Morgan fingerprint density at radius 1 is 1.03 bits per heavy atom. The van der Waals surface area contributed by atoms with Crippen LogP contribution in [-0.4, -0.2) is 24.1 Å². The molecular weight excluding hydrogens is 468 g/mol. The predicted molar refractivity (Wildman–Crippen MR) is 143 cm³/mol. The number of hydrogen-bond donors (Lipinski definition) is 0. The minimum atomic E-state index is -0.757. The van der Waals surface area contributed by atoms with E-state index in [1.54, 1.807) is 36.5 Å². The third kappa shape index (κ3) is 4.16. The number of carbonyl (C=O) groups excluding carboxylic acids is 1. The zero-order chi connectivity index (χ0) is 26.3. The average Bonchev–Trinajstić information content (AvgIpc) is 3.17. The standard InChI is InChI=1S/C30H28N2O5/c1-6-12-36-22-10-9-20(15-24(22)35-7-2)27-26-28(33)21-13-18(4)19(5)14-23(21)37-29(26)30(34)32(27)25-11-8-17(3)16-31-25/h6,8-11,13-16,27H,1,7,12H2,2-5H3. The Bertz CT molecular complexity index is 1590. The molecule has 1 amide bonds. The molecule has 7 nitrogen and oxygen atoms in total. The summed E-state index contributed by atoms with van der Waals surface area (Å²) in [6, 6.07) is 11.9. The molecular formula is C30H28N2O5. The van der Waals surface area contributed by atoms with Gasteiger partial charge in [0.25, 0.3) is 5.91 Å². The van der Waals surface area contributed by atoms with Crippen LogP contribution in [0.2, 0.25) is 0 Å². The fourth-order valence-corrected chi connectivity index (χ4v) is 4.61. The predicted octanol–water partition coefficient (Wildman–Crippen LogP) is 5.83. The first kappa shape index (κ1) is 24.3. The number of nitrogens with zero attached hydrogens (tertiary/aromatic N) is 2. The van der Waals surface area contributed by atoms with Crippen molar-refractivity contribution in [2.75, 3.05) is 18.1 Å². The van der Waals surface area contributed by atoms with Crippen LogP contribution in [0.3, 0.4) is 0 Å². The number of pyridine rings is 1. The molecule has 0 N–H and O–H groups in total. The van der Waals surface area contributed by atoms with Crippen molar-refractivity contribution in [1.82, 2.24) is 4.98 Å². The third-order valence-corrected chi connectivity index (χ3v) is 6.57. The maximum atomic E-state index is 13.9. The first-order valence-corrected chi connectivity index (χ1v) is 12.2. The molecule has 0 spiro atoms. The average molecular weight is 497 g/mol. The van der Waals surface area contributed by atoms with Crippen molar-refractivity contribution in [3.05, 3.63) is 105 Å². The second kappa shape index (κ2) is 9.58. The van der Waals surface area contributed by atoms with Crippen molar-refractivity contribution in [2.24, 2.45) is 0 Å². The molecule has 0 fully saturated rings. The van der Waals surface area contributed by atoms with Crippen molar-refractivity contribution >= 4 is 22.7 Å². The first-order valence-electron chi connectivity index (χ1n) is 12.2. The summed E-state index contributed by atoms with van der Waals surface area (Å²) < 4.78 is 17.7. The molecule has 1 unspecified atom stereocenters. The van der Waals surface area contributed by atoms with Crippen molar-refractivity contribution in [1.29, 1.82) is 0 Å². The number of carbonyl (C=O) groups is 1. The summed E-state index contributed by atoms with van der Waals surface area (Å²) in [5.74, 6) is 1.09. The molecule has 0 radical (unpaired) electrons. The van der Waals surface area contributed by atoms with Crippen molar-refractivity contribution in [3.63, 3.8) is 0 Å². The molecule has 7 heteroatoms. The maximum absolute atomic E-state index is 13.9. The lowest BCUT2D eigenvalue weighted by Gasteiger charge is -2.25. The SMILES string of the molecule is C=CCOc1ccc(C2c3c(oc4cc(C)c(C)cc4c3=O)C(=O)N2c2ccc(C)cn2)cc1OCC. The number of fused-ring (bicyclic) bond motifs is 2. The van der Waals surface area contributed by atoms with E-state index in [0.29, 0.717) is 47.1 Å². The second-order valence-electron chi connectivity index (χ2n) is 9.12. The van der Waals surface area contributed by atoms with Gasteiger partial charge in [0.2, 0.25) is 5.76 Å². The van der Waals surface area contributed by atoms with Gasteiger partial charge < -0.3 is 13.9 Å². The number of ether oxygens (including phenoxy) is 2. The Hall–Kier alpha value is -4.39. The lowest BCUT2D eigenvalue weighted by atomic mass is 9.97. The van der Waals surface area contributed by atoms with Gasteiger partial charge in [0.1, 0.15) is 18.0 Å². The maximum Gasteiger partial charge on any atom is 0.296 e. The molecule has 37 heavy (non-hydrogen) atoms. The summed E-state index contributed by atoms with van der Waals surface area (Å²) in [7, 11) is 0. The molecule has 2 aromatic carbocycles.